The number of rotatable bonds is 58. The van der Waals surface area contributed by atoms with E-state index in [0.29, 0.717) is 38.5 Å². The first-order valence-corrected chi connectivity index (χ1v) is 29.0. The Labute approximate surface area is 471 Å². The molecule has 0 fully saturated rings. The largest absolute Gasteiger partial charge is 0.481 e. The summed E-state index contributed by atoms with van der Waals surface area (Å²) in [4.78, 5) is 131. The molecule has 4 amide bonds. The van der Waals surface area contributed by atoms with E-state index in [2.05, 4.69) is 21.3 Å². The van der Waals surface area contributed by atoms with Crippen molar-refractivity contribution in [2.75, 3.05) is 65.9 Å². The van der Waals surface area contributed by atoms with Crippen LogP contribution in [0.2, 0.25) is 0 Å². The van der Waals surface area contributed by atoms with Gasteiger partial charge in [0.2, 0.25) is 23.6 Å². The maximum atomic E-state index is 12.5. The summed E-state index contributed by atoms with van der Waals surface area (Å²) in [7, 11) is 0. The van der Waals surface area contributed by atoms with Crippen LogP contribution in [0.15, 0.2) is 0 Å². The molecule has 0 saturated carbocycles. The van der Waals surface area contributed by atoms with Gasteiger partial charge in [0.1, 0.15) is 31.1 Å². The zero-order chi connectivity index (χ0) is 59.6. The van der Waals surface area contributed by atoms with E-state index in [1.165, 1.54) is 32.1 Å². The number of carboxylic acid groups (broad SMARTS) is 5. The molecule has 0 saturated heterocycles. The van der Waals surface area contributed by atoms with Crippen LogP contribution in [-0.4, -0.2) is 169 Å². The summed E-state index contributed by atoms with van der Waals surface area (Å²) >= 11 is 0. The number of carbonyl (C=O) groups excluding carboxylic acids is 6. The lowest BCUT2D eigenvalue weighted by Gasteiger charge is -2.16. The van der Waals surface area contributed by atoms with Gasteiger partial charge in [-0.05, 0) is 57.8 Å². The average Bonchev–Trinajstić information content (AvgIpc) is 3.40. The summed E-state index contributed by atoms with van der Waals surface area (Å²) in [6.07, 6.45) is 17.4. The minimum atomic E-state index is -1.40. The van der Waals surface area contributed by atoms with Gasteiger partial charge in [-0.1, -0.05) is 96.8 Å². The molecule has 0 aromatic carbocycles. The number of amides is 4. The van der Waals surface area contributed by atoms with Crippen LogP contribution in [0.25, 0.3) is 0 Å². The molecular formula is C56H96N4O20. The molecule has 0 radical (unpaired) electrons. The van der Waals surface area contributed by atoms with Gasteiger partial charge in [-0.15, -0.1) is 0 Å². The fraction of sp³-hybridized carbons (Fsp3) is 0.804. The molecule has 0 aromatic rings. The molecule has 0 unspecified atom stereocenters. The first-order chi connectivity index (χ1) is 38.4. The van der Waals surface area contributed by atoms with E-state index in [9.17, 15) is 73.2 Å². The molecule has 24 nitrogen and oxygen atoms in total. The zero-order valence-corrected chi connectivity index (χ0v) is 47.5. The summed E-state index contributed by atoms with van der Waals surface area (Å²) in [6.45, 7) is 2.45. The number of carbonyl (C=O) groups is 11. The Morgan fingerprint density at radius 1 is 0.350 bits per heavy atom. The van der Waals surface area contributed by atoms with Crippen LogP contribution in [-0.2, 0) is 71.7 Å². The molecule has 0 aromatic heterocycles. The lowest BCUT2D eigenvalue weighted by molar-refractivity contribution is -0.145. The number of carboxylic acids is 5. The number of unbranched alkanes of at least 4 members (excludes halogenated alkanes) is 14. The molecule has 0 aliphatic rings. The zero-order valence-electron chi connectivity index (χ0n) is 47.5. The van der Waals surface area contributed by atoms with Gasteiger partial charge in [0.25, 0.3) is 0 Å². The highest BCUT2D eigenvalue weighted by Gasteiger charge is 2.26. The van der Waals surface area contributed by atoms with E-state index in [-0.39, 0.29) is 129 Å². The van der Waals surface area contributed by atoms with Crippen LogP contribution < -0.4 is 21.3 Å². The molecule has 24 heteroatoms. The van der Waals surface area contributed by atoms with Crippen LogP contribution in [0.1, 0.15) is 200 Å². The van der Waals surface area contributed by atoms with Gasteiger partial charge in [-0.3, -0.25) is 43.2 Å². The smallest absolute Gasteiger partial charge is 0.326 e. The fourth-order valence-electron chi connectivity index (χ4n) is 8.44. The number of aliphatic carboxylic acids is 5. The normalized spacial score (nSPS) is 12.6. The maximum absolute atomic E-state index is 12.5. The Kier molecular flexibility index (Phi) is 46.9. The van der Waals surface area contributed by atoms with Gasteiger partial charge >= 0.3 is 29.8 Å². The van der Waals surface area contributed by atoms with Gasteiger partial charge in [-0.25, -0.2) is 9.59 Å². The first kappa shape index (κ1) is 74.4. The lowest BCUT2D eigenvalue weighted by atomic mass is 9.97. The Hall–Kier alpha value is -5.59. The van der Waals surface area contributed by atoms with Crippen molar-refractivity contribution in [2.45, 2.75) is 212 Å². The molecule has 0 aliphatic carbocycles. The third kappa shape index (κ3) is 46.2. The second-order valence-electron chi connectivity index (χ2n) is 20.1. The predicted octanol–water partition coefficient (Wildman–Crippen LogP) is 5.77. The second-order valence-corrected chi connectivity index (χ2v) is 20.1. The van der Waals surface area contributed by atoms with Crippen molar-refractivity contribution in [3.8, 4) is 0 Å². The number of ether oxygens (including phenoxy) is 4. The van der Waals surface area contributed by atoms with E-state index < -0.39 is 90.3 Å². The van der Waals surface area contributed by atoms with Crippen molar-refractivity contribution in [3.05, 3.63) is 0 Å². The Morgan fingerprint density at radius 2 is 0.825 bits per heavy atom. The molecule has 460 valence electrons. The standard InChI is InChI=1S/C56H96N4O20/c1-2-20-42(53(69)70)21-17-18-31-57-48(63)30-28-47(56(75)76)60-50(65)29-25-43(54(71)72)39-45(62)40-79-37-36-78-34-32-58-51(66)41-80-38-35-77-33-19-22-44(61)26-27-46(55(73)74)59-49(64)23-15-13-11-9-7-5-3-4-6-8-10-12-14-16-24-52(67)68/h42-43,46-47H,2-41H2,1H3,(H,57,63)(H,58,66)(H,59,64)(H,60,65)(H,67,68)(H,69,70)(H,71,72)(H,73,74)(H,75,76)/t42-,43+,46-,47-/m0/s1. The van der Waals surface area contributed by atoms with E-state index in [1.54, 1.807) is 0 Å². The molecule has 80 heavy (non-hydrogen) atoms. The van der Waals surface area contributed by atoms with Gasteiger partial charge < -0.3 is 65.7 Å². The highest BCUT2D eigenvalue weighted by Crippen LogP contribution is 2.17. The molecule has 0 bridgehead atoms. The van der Waals surface area contributed by atoms with Gasteiger partial charge in [-0.2, -0.15) is 0 Å². The average molecular weight is 1150 g/mol. The molecule has 0 spiro atoms. The number of ketones is 2. The topological polar surface area (TPSA) is 374 Å². The summed E-state index contributed by atoms with van der Waals surface area (Å²) < 4.78 is 21.4. The number of Topliss-reactive ketones (excluding diaryl/α,β-unsaturated/α-hetero) is 2. The minimum absolute atomic E-state index is 0.00185. The summed E-state index contributed by atoms with van der Waals surface area (Å²) in [5, 5.41) is 56.7. The molecule has 0 heterocycles. The van der Waals surface area contributed by atoms with Crippen molar-refractivity contribution in [1.82, 2.24) is 21.3 Å². The van der Waals surface area contributed by atoms with E-state index in [4.69, 9.17) is 24.1 Å². The second kappa shape index (κ2) is 50.4. The minimum Gasteiger partial charge on any atom is -0.481 e. The van der Waals surface area contributed by atoms with Gasteiger partial charge in [0.15, 0.2) is 5.78 Å². The Balaban J connectivity index is 3.98. The van der Waals surface area contributed by atoms with Gasteiger partial charge in [0.05, 0.1) is 44.9 Å². The van der Waals surface area contributed by atoms with Crippen molar-refractivity contribution in [2.24, 2.45) is 11.8 Å². The van der Waals surface area contributed by atoms with Crippen LogP contribution in [0, 0.1) is 11.8 Å². The third-order valence-electron chi connectivity index (χ3n) is 13.1. The van der Waals surface area contributed by atoms with Crippen molar-refractivity contribution < 1.29 is 97.2 Å². The molecular weight excluding hydrogens is 1050 g/mol. The SMILES string of the molecule is CCC[C@@H](CCCCNC(=O)CC[C@H](NC(=O)CC[C@H](CC(=O)COCCOCCNC(=O)COCCOCCCC(=O)CC[C@H](NC(=O)CCCCCCCCCCCCCCCCC(=O)O)C(=O)O)C(=O)O)C(=O)O)C(=O)O. The van der Waals surface area contributed by atoms with Crippen LogP contribution in [0.5, 0.6) is 0 Å². The Bertz CT molecular complexity index is 1800. The molecule has 0 rings (SSSR count). The van der Waals surface area contributed by atoms with E-state index >= 15 is 0 Å². The third-order valence-corrected chi connectivity index (χ3v) is 13.1. The molecule has 4 atom stereocenters. The first-order valence-electron chi connectivity index (χ1n) is 29.0. The van der Waals surface area contributed by atoms with Crippen molar-refractivity contribution in [1.29, 1.82) is 0 Å². The van der Waals surface area contributed by atoms with Crippen molar-refractivity contribution in [3.63, 3.8) is 0 Å². The van der Waals surface area contributed by atoms with Crippen LogP contribution in [0.4, 0.5) is 0 Å². The van der Waals surface area contributed by atoms with Gasteiger partial charge in [0, 0.05) is 64.6 Å². The number of hydrogen-bond donors (Lipinski definition) is 9. The maximum Gasteiger partial charge on any atom is 0.326 e. The van der Waals surface area contributed by atoms with Crippen molar-refractivity contribution >= 4 is 65.0 Å². The summed E-state index contributed by atoms with van der Waals surface area (Å²) in [5.41, 5.74) is 0. The lowest BCUT2D eigenvalue weighted by Crippen LogP contribution is -2.42. The quantitative estimate of drug-likeness (QED) is 0.0326. The summed E-state index contributed by atoms with van der Waals surface area (Å²) in [5.74, 6) is -9.74. The molecule has 9 N–H and O–H groups in total. The van der Waals surface area contributed by atoms with Crippen LogP contribution in [0.3, 0.4) is 0 Å². The van der Waals surface area contributed by atoms with E-state index in [0.717, 1.165) is 57.8 Å². The summed E-state index contributed by atoms with van der Waals surface area (Å²) in [6, 6.07) is -2.54. The monoisotopic (exact) mass is 1140 g/mol. The Morgan fingerprint density at radius 3 is 1.36 bits per heavy atom. The van der Waals surface area contributed by atoms with Crippen LogP contribution >= 0.6 is 0 Å². The highest BCUT2D eigenvalue weighted by molar-refractivity contribution is 5.87. The molecule has 0 aliphatic heterocycles. The number of nitrogens with one attached hydrogen (secondary N) is 4. The van der Waals surface area contributed by atoms with E-state index in [1.807, 2.05) is 6.92 Å². The highest BCUT2D eigenvalue weighted by atomic mass is 16.5. The number of hydrogen-bond acceptors (Lipinski definition) is 15. The fourth-order valence-corrected chi connectivity index (χ4v) is 8.44. The predicted molar refractivity (Wildman–Crippen MR) is 293 cm³/mol.